The molecule has 0 aromatic carbocycles. The minimum absolute atomic E-state index is 0.979. The SMILES string of the molecule is CC/C=C\C(=C/CC)CN1C[C@H]2CC(C)C[C@H]2C1. The molecular weight excluding hydrogens is 218 g/mol. The highest BCUT2D eigenvalue weighted by molar-refractivity contribution is 5.20. The molecule has 102 valence electrons. The van der Waals surface area contributed by atoms with Gasteiger partial charge in [-0.1, -0.05) is 39.0 Å². The number of hydrogen-bond acceptors (Lipinski definition) is 1. The molecule has 0 spiro atoms. The first-order chi connectivity index (χ1) is 8.72. The second kappa shape index (κ2) is 6.56. The van der Waals surface area contributed by atoms with Crippen LogP contribution in [0.1, 0.15) is 46.5 Å². The summed E-state index contributed by atoms with van der Waals surface area (Å²) in [7, 11) is 0. The van der Waals surface area contributed by atoms with Gasteiger partial charge in [-0.05, 0) is 49.0 Å². The smallest absolute Gasteiger partial charge is 0.0230 e. The highest BCUT2D eigenvalue weighted by Crippen LogP contribution is 2.41. The van der Waals surface area contributed by atoms with Gasteiger partial charge in [-0.25, -0.2) is 0 Å². The Morgan fingerprint density at radius 1 is 1.11 bits per heavy atom. The minimum Gasteiger partial charge on any atom is -0.299 e. The monoisotopic (exact) mass is 247 g/mol. The first-order valence-electron chi connectivity index (χ1n) is 7.80. The lowest BCUT2D eigenvalue weighted by molar-refractivity contribution is 0.325. The summed E-state index contributed by atoms with van der Waals surface area (Å²) in [5.41, 5.74) is 1.52. The van der Waals surface area contributed by atoms with Gasteiger partial charge in [-0.15, -0.1) is 0 Å². The van der Waals surface area contributed by atoms with Crippen molar-refractivity contribution in [3.05, 3.63) is 23.8 Å². The molecule has 3 atom stereocenters. The van der Waals surface area contributed by atoms with Gasteiger partial charge in [0, 0.05) is 19.6 Å². The lowest BCUT2D eigenvalue weighted by Gasteiger charge is -2.18. The molecule has 2 fully saturated rings. The van der Waals surface area contributed by atoms with Gasteiger partial charge in [0.25, 0.3) is 0 Å². The summed E-state index contributed by atoms with van der Waals surface area (Å²) in [4.78, 5) is 2.68. The second-order valence-corrected chi connectivity index (χ2v) is 6.29. The van der Waals surface area contributed by atoms with E-state index in [0.29, 0.717) is 0 Å². The maximum absolute atomic E-state index is 2.68. The van der Waals surface area contributed by atoms with Crippen molar-refractivity contribution in [2.45, 2.75) is 46.5 Å². The van der Waals surface area contributed by atoms with Crippen molar-refractivity contribution in [2.75, 3.05) is 19.6 Å². The van der Waals surface area contributed by atoms with Crippen molar-refractivity contribution in [1.29, 1.82) is 0 Å². The van der Waals surface area contributed by atoms with Crippen molar-refractivity contribution in [3.8, 4) is 0 Å². The van der Waals surface area contributed by atoms with E-state index in [0.717, 1.165) is 30.6 Å². The van der Waals surface area contributed by atoms with E-state index in [1.54, 1.807) is 0 Å². The summed E-state index contributed by atoms with van der Waals surface area (Å²) in [6.45, 7) is 10.7. The summed E-state index contributed by atoms with van der Waals surface area (Å²) < 4.78 is 0. The number of likely N-dealkylation sites (tertiary alicyclic amines) is 1. The molecule has 1 heterocycles. The van der Waals surface area contributed by atoms with E-state index in [1.165, 1.54) is 38.0 Å². The van der Waals surface area contributed by atoms with Crippen molar-refractivity contribution in [3.63, 3.8) is 0 Å². The normalized spacial score (nSPS) is 33.5. The van der Waals surface area contributed by atoms with Crippen LogP contribution in [-0.4, -0.2) is 24.5 Å². The topological polar surface area (TPSA) is 3.24 Å². The minimum atomic E-state index is 0.979. The third kappa shape index (κ3) is 3.47. The Balaban J connectivity index is 1.86. The van der Waals surface area contributed by atoms with Gasteiger partial charge in [-0.3, -0.25) is 4.90 Å². The molecular formula is C17H29N. The van der Waals surface area contributed by atoms with Crippen LogP contribution in [0.5, 0.6) is 0 Å². The molecule has 0 N–H and O–H groups in total. The van der Waals surface area contributed by atoms with E-state index in [9.17, 15) is 0 Å². The number of hydrogen-bond donors (Lipinski definition) is 0. The molecule has 18 heavy (non-hydrogen) atoms. The highest BCUT2D eigenvalue weighted by atomic mass is 15.2. The van der Waals surface area contributed by atoms with Crippen LogP contribution in [-0.2, 0) is 0 Å². The van der Waals surface area contributed by atoms with Crippen LogP contribution < -0.4 is 0 Å². The Bertz CT molecular complexity index is 302. The molecule has 0 amide bonds. The molecule has 1 unspecified atom stereocenters. The van der Waals surface area contributed by atoms with Gasteiger partial charge in [-0.2, -0.15) is 0 Å². The van der Waals surface area contributed by atoms with Crippen molar-refractivity contribution in [2.24, 2.45) is 17.8 Å². The van der Waals surface area contributed by atoms with E-state index in [1.807, 2.05) is 0 Å². The summed E-state index contributed by atoms with van der Waals surface area (Å²) in [5, 5.41) is 0. The third-order valence-corrected chi connectivity index (χ3v) is 4.50. The predicted molar refractivity (Wildman–Crippen MR) is 79.6 cm³/mol. The molecule has 1 aliphatic carbocycles. The van der Waals surface area contributed by atoms with Crippen LogP contribution in [0.15, 0.2) is 23.8 Å². The first kappa shape index (κ1) is 13.9. The maximum Gasteiger partial charge on any atom is 0.0230 e. The number of rotatable bonds is 5. The van der Waals surface area contributed by atoms with E-state index in [-0.39, 0.29) is 0 Å². The quantitative estimate of drug-likeness (QED) is 0.656. The van der Waals surface area contributed by atoms with Gasteiger partial charge >= 0.3 is 0 Å². The molecule has 1 aliphatic heterocycles. The zero-order valence-electron chi connectivity index (χ0n) is 12.4. The van der Waals surface area contributed by atoms with Crippen LogP contribution in [0, 0.1) is 17.8 Å². The lowest BCUT2D eigenvalue weighted by atomic mass is 10.0. The van der Waals surface area contributed by atoms with Gasteiger partial charge < -0.3 is 0 Å². The average Bonchev–Trinajstić information content (AvgIpc) is 2.82. The van der Waals surface area contributed by atoms with Crippen LogP contribution in [0.4, 0.5) is 0 Å². The molecule has 1 nitrogen and oxygen atoms in total. The fourth-order valence-electron chi connectivity index (χ4n) is 3.80. The first-order valence-corrected chi connectivity index (χ1v) is 7.80. The molecule has 0 aromatic rings. The van der Waals surface area contributed by atoms with E-state index in [2.05, 4.69) is 43.9 Å². The van der Waals surface area contributed by atoms with E-state index < -0.39 is 0 Å². The summed E-state index contributed by atoms with van der Waals surface area (Å²) in [6.07, 6.45) is 12.3. The molecule has 0 aromatic heterocycles. The Labute approximate surface area is 113 Å². The molecule has 2 rings (SSSR count). The molecule has 1 saturated carbocycles. The van der Waals surface area contributed by atoms with Crippen LogP contribution in [0.3, 0.4) is 0 Å². The predicted octanol–water partition coefficient (Wildman–Crippen LogP) is 4.27. The number of allylic oxidation sites excluding steroid dienone is 2. The van der Waals surface area contributed by atoms with Gasteiger partial charge in [0.05, 0.1) is 0 Å². The van der Waals surface area contributed by atoms with Gasteiger partial charge in [0.2, 0.25) is 0 Å². The zero-order chi connectivity index (χ0) is 13.0. The second-order valence-electron chi connectivity index (χ2n) is 6.29. The van der Waals surface area contributed by atoms with E-state index >= 15 is 0 Å². The molecule has 2 aliphatic rings. The Kier molecular flexibility index (Phi) is 5.05. The highest BCUT2D eigenvalue weighted by Gasteiger charge is 2.38. The Morgan fingerprint density at radius 3 is 2.33 bits per heavy atom. The fourth-order valence-corrected chi connectivity index (χ4v) is 3.80. The zero-order valence-corrected chi connectivity index (χ0v) is 12.4. The van der Waals surface area contributed by atoms with Crippen molar-refractivity contribution >= 4 is 0 Å². The van der Waals surface area contributed by atoms with Crippen LogP contribution in [0.25, 0.3) is 0 Å². The van der Waals surface area contributed by atoms with Gasteiger partial charge in [0.15, 0.2) is 0 Å². The fraction of sp³-hybridized carbons (Fsp3) is 0.765. The largest absolute Gasteiger partial charge is 0.299 e. The molecule has 0 bridgehead atoms. The Hall–Kier alpha value is -0.560. The number of nitrogens with zero attached hydrogens (tertiary/aromatic N) is 1. The Morgan fingerprint density at radius 2 is 1.78 bits per heavy atom. The van der Waals surface area contributed by atoms with Crippen LogP contribution in [0.2, 0.25) is 0 Å². The molecule has 1 heteroatoms. The summed E-state index contributed by atoms with van der Waals surface area (Å²) >= 11 is 0. The summed E-state index contributed by atoms with van der Waals surface area (Å²) in [6, 6.07) is 0. The van der Waals surface area contributed by atoms with E-state index in [4.69, 9.17) is 0 Å². The standard InChI is InChI=1S/C17H29N/c1-4-6-8-15(7-5-2)11-18-12-16-9-14(3)10-17(16)13-18/h6-8,14,16-17H,4-5,9-13H2,1-3H3/b8-6-,15-7+/t14?,16-,17+. The lowest BCUT2D eigenvalue weighted by Crippen LogP contribution is -2.24. The summed E-state index contributed by atoms with van der Waals surface area (Å²) in [5.74, 6) is 2.98. The maximum atomic E-state index is 2.68. The van der Waals surface area contributed by atoms with Crippen molar-refractivity contribution in [1.82, 2.24) is 4.90 Å². The van der Waals surface area contributed by atoms with Crippen LogP contribution >= 0.6 is 0 Å². The van der Waals surface area contributed by atoms with Crippen molar-refractivity contribution < 1.29 is 0 Å². The molecule has 0 radical (unpaired) electrons. The average molecular weight is 247 g/mol. The van der Waals surface area contributed by atoms with Gasteiger partial charge in [0.1, 0.15) is 0 Å². The number of fused-ring (bicyclic) bond motifs is 1. The third-order valence-electron chi connectivity index (χ3n) is 4.50. The molecule has 1 saturated heterocycles.